The molecule has 0 amide bonds. The first kappa shape index (κ1) is 11.0. The number of hydrogen-bond acceptors (Lipinski definition) is 3. The lowest BCUT2D eigenvalue weighted by Crippen LogP contribution is -2.04. The number of aliphatic imine (C=N–C) groups is 1. The highest BCUT2D eigenvalue weighted by Crippen LogP contribution is 2.14. The van der Waals surface area contributed by atoms with Crippen LogP contribution in [0.4, 0.5) is 0 Å². The molecular weight excluding hydrogens is 188 g/mol. The van der Waals surface area contributed by atoms with Crippen molar-refractivity contribution in [1.29, 1.82) is 5.26 Å². The average Bonchev–Trinajstić information content (AvgIpc) is 2.26. The van der Waals surface area contributed by atoms with Gasteiger partial charge < -0.3 is 5.11 Å². The molecule has 1 rings (SSSR count). The van der Waals surface area contributed by atoms with Crippen molar-refractivity contribution < 1.29 is 5.11 Å². The summed E-state index contributed by atoms with van der Waals surface area (Å²) in [5.74, 6) is 0.289. The first-order valence-corrected chi connectivity index (χ1v) is 4.54. The Labute approximate surface area is 89.1 Å². The molecule has 0 aliphatic carbocycles. The molecule has 0 saturated heterocycles. The van der Waals surface area contributed by atoms with Crippen molar-refractivity contribution in [2.75, 3.05) is 0 Å². The van der Waals surface area contributed by atoms with Gasteiger partial charge in [-0.1, -0.05) is 19.2 Å². The molecule has 0 fully saturated rings. The summed E-state index contributed by atoms with van der Waals surface area (Å²) in [5.41, 5.74) is 1.95. The molecule has 0 unspecified atom stereocenters. The van der Waals surface area contributed by atoms with Crippen molar-refractivity contribution in [3.05, 3.63) is 48.4 Å². The van der Waals surface area contributed by atoms with Gasteiger partial charge in [-0.25, -0.2) is 0 Å². The van der Waals surface area contributed by atoms with Crippen molar-refractivity contribution in [2.24, 2.45) is 4.99 Å². The van der Waals surface area contributed by atoms with Gasteiger partial charge in [-0.2, -0.15) is 5.26 Å². The molecule has 15 heavy (non-hydrogen) atoms. The van der Waals surface area contributed by atoms with Gasteiger partial charge in [0.25, 0.3) is 0 Å². The van der Waals surface area contributed by atoms with Gasteiger partial charge in [0.1, 0.15) is 5.76 Å². The van der Waals surface area contributed by atoms with E-state index < -0.39 is 0 Å². The van der Waals surface area contributed by atoms with Crippen molar-refractivity contribution in [3.63, 3.8) is 0 Å². The lowest BCUT2D eigenvalue weighted by atomic mass is 10.0. The van der Waals surface area contributed by atoms with Crippen LogP contribution < -0.4 is 0 Å². The van der Waals surface area contributed by atoms with Crippen LogP contribution in [0.2, 0.25) is 0 Å². The number of aliphatic hydroxyl groups excluding tert-OH is 1. The second kappa shape index (κ2) is 4.97. The van der Waals surface area contributed by atoms with Crippen LogP contribution in [-0.4, -0.2) is 10.8 Å². The van der Waals surface area contributed by atoms with Gasteiger partial charge in [-0.05, 0) is 18.1 Å². The molecule has 3 heteroatoms. The van der Waals surface area contributed by atoms with Crippen LogP contribution in [-0.2, 0) is 0 Å². The molecule has 0 aromatic rings. The van der Waals surface area contributed by atoms with Gasteiger partial charge >= 0.3 is 0 Å². The Morgan fingerprint density at radius 3 is 2.73 bits per heavy atom. The highest BCUT2D eigenvalue weighted by Gasteiger charge is 2.07. The maximum Gasteiger partial charge on any atom is 0.111 e. The standard InChI is InChI=1S/C12H12N2O/c1-9(7-13)3-4-10(2)12-6-5-11(15)8-14-12/h3-4,8,15H,1-2,5-6H2/b4-3-. The average molecular weight is 200 g/mol. The first-order chi connectivity index (χ1) is 7.13. The number of aliphatic hydroxyl groups is 1. The molecule has 0 spiro atoms. The summed E-state index contributed by atoms with van der Waals surface area (Å²) in [6, 6.07) is 1.92. The van der Waals surface area contributed by atoms with Crippen LogP contribution in [0.15, 0.2) is 53.4 Å². The molecule has 1 N–H and O–H groups in total. The normalized spacial score (nSPS) is 15.4. The molecule has 0 aromatic carbocycles. The SMILES string of the molecule is C=C(C#N)/C=C\C(=C)C1=NC=C(O)CC1. The van der Waals surface area contributed by atoms with Crippen LogP contribution in [0.1, 0.15) is 12.8 Å². The number of rotatable bonds is 3. The van der Waals surface area contributed by atoms with Crippen LogP contribution >= 0.6 is 0 Å². The summed E-state index contributed by atoms with van der Waals surface area (Å²) in [6.45, 7) is 7.35. The van der Waals surface area contributed by atoms with Gasteiger partial charge in [0, 0.05) is 17.7 Å². The van der Waals surface area contributed by atoms with E-state index in [9.17, 15) is 0 Å². The number of allylic oxidation sites excluding steroid dienone is 5. The third-order valence-electron chi connectivity index (χ3n) is 1.99. The third-order valence-corrected chi connectivity index (χ3v) is 1.99. The fourth-order valence-electron chi connectivity index (χ4n) is 1.11. The molecule has 1 heterocycles. The van der Waals surface area contributed by atoms with Crippen LogP contribution in [0.25, 0.3) is 0 Å². The molecule has 0 radical (unpaired) electrons. The van der Waals surface area contributed by atoms with Crippen LogP contribution in [0, 0.1) is 11.3 Å². The molecule has 1 aliphatic heterocycles. The Morgan fingerprint density at radius 2 is 2.20 bits per heavy atom. The van der Waals surface area contributed by atoms with Gasteiger partial charge in [-0.15, -0.1) is 0 Å². The number of nitrogens with zero attached hydrogens (tertiary/aromatic N) is 2. The molecule has 76 valence electrons. The molecule has 0 saturated carbocycles. The number of nitriles is 1. The second-order valence-corrected chi connectivity index (χ2v) is 3.19. The van der Waals surface area contributed by atoms with Crippen LogP contribution in [0.5, 0.6) is 0 Å². The molecule has 0 atom stereocenters. The van der Waals surface area contributed by atoms with E-state index in [4.69, 9.17) is 10.4 Å². The Hall–Kier alpha value is -2.08. The quantitative estimate of drug-likeness (QED) is 0.562. The Kier molecular flexibility index (Phi) is 3.64. The maximum atomic E-state index is 9.11. The van der Waals surface area contributed by atoms with Crippen molar-refractivity contribution in [3.8, 4) is 6.07 Å². The zero-order valence-corrected chi connectivity index (χ0v) is 8.40. The number of hydrogen-bond donors (Lipinski definition) is 1. The van der Waals surface area contributed by atoms with Gasteiger partial charge in [0.15, 0.2) is 0 Å². The molecule has 0 bridgehead atoms. The molecule has 3 nitrogen and oxygen atoms in total. The van der Waals surface area contributed by atoms with E-state index >= 15 is 0 Å². The van der Waals surface area contributed by atoms with Crippen molar-refractivity contribution in [2.45, 2.75) is 12.8 Å². The van der Waals surface area contributed by atoms with Gasteiger partial charge in [0.05, 0.1) is 12.3 Å². The van der Waals surface area contributed by atoms with E-state index in [2.05, 4.69) is 18.2 Å². The minimum absolute atomic E-state index is 0.289. The third kappa shape index (κ3) is 3.28. The predicted octanol–water partition coefficient (Wildman–Crippen LogP) is 2.81. The summed E-state index contributed by atoms with van der Waals surface area (Å²) in [5, 5.41) is 17.6. The minimum atomic E-state index is 0.289. The largest absolute Gasteiger partial charge is 0.511 e. The summed E-state index contributed by atoms with van der Waals surface area (Å²) in [6.07, 6.45) is 6.00. The molecular formula is C12H12N2O. The lowest BCUT2D eigenvalue weighted by molar-refractivity contribution is 0.387. The Morgan fingerprint density at radius 1 is 1.47 bits per heavy atom. The van der Waals surface area contributed by atoms with Crippen molar-refractivity contribution in [1.82, 2.24) is 0 Å². The predicted molar refractivity (Wildman–Crippen MR) is 60.4 cm³/mol. The summed E-state index contributed by atoms with van der Waals surface area (Å²) < 4.78 is 0. The fourth-order valence-corrected chi connectivity index (χ4v) is 1.11. The molecule has 1 aliphatic rings. The monoisotopic (exact) mass is 200 g/mol. The van der Waals surface area contributed by atoms with E-state index in [1.54, 1.807) is 12.2 Å². The zero-order valence-electron chi connectivity index (χ0n) is 8.40. The molecule has 0 aromatic heterocycles. The van der Waals surface area contributed by atoms with E-state index in [-0.39, 0.29) is 5.76 Å². The topological polar surface area (TPSA) is 56.4 Å². The van der Waals surface area contributed by atoms with E-state index in [1.807, 2.05) is 6.07 Å². The van der Waals surface area contributed by atoms with E-state index in [0.29, 0.717) is 18.4 Å². The van der Waals surface area contributed by atoms with Gasteiger partial charge in [0.2, 0.25) is 0 Å². The Balaban J connectivity index is 2.68. The Bertz CT molecular complexity index is 419. The summed E-state index contributed by atoms with van der Waals surface area (Å²) >= 11 is 0. The first-order valence-electron chi connectivity index (χ1n) is 4.54. The highest BCUT2D eigenvalue weighted by atomic mass is 16.3. The van der Waals surface area contributed by atoms with Gasteiger partial charge in [-0.3, -0.25) is 4.99 Å². The second-order valence-electron chi connectivity index (χ2n) is 3.19. The fraction of sp³-hybridized carbons (Fsp3) is 0.167. The highest BCUT2D eigenvalue weighted by molar-refractivity contribution is 6.02. The summed E-state index contributed by atoms with van der Waals surface area (Å²) in [4.78, 5) is 4.06. The minimum Gasteiger partial charge on any atom is -0.511 e. The lowest BCUT2D eigenvalue weighted by Gasteiger charge is -2.09. The van der Waals surface area contributed by atoms with Crippen molar-refractivity contribution >= 4 is 5.71 Å². The maximum absolute atomic E-state index is 9.11. The summed E-state index contributed by atoms with van der Waals surface area (Å²) in [7, 11) is 0. The van der Waals surface area contributed by atoms with E-state index in [0.717, 1.165) is 11.3 Å². The van der Waals surface area contributed by atoms with E-state index in [1.165, 1.54) is 6.20 Å². The van der Waals surface area contributed by atoms with Crippen LogP contribution in [0.3, 0.4) is 0 Å². The smallest absolute Gasteiger partial charge is 0.111 e. The zero-order chi connectivity index (χ0) is 11.3.